The van der Waals surface area contributed by atoms with Gasteiger partial charge < -0.3 is 14.8 Å². The minimum Gasteiger partial charge on any atom is -0.453 e. The van der Waals surface area contributed by atoms with Gasteiger partial charge in [-0.05, 0) is 53.6 Å². The first-order valence-electron chi connectivity index (χ1n) is 11.0. The van der Waals surface area contributed by atoms with Crippen molar-refractivity contribution in [2.24, 2.45) is 0 Å². The molecule has 1 fully saturated rings. The molecule has 1 amide bonds. The minimum absolute atomic E-state index is 0.000121. The molecule has 0 aliphatic carbocycles. The van der Waals surface area contributed by atoms with Crippen LogP contribution < -0.4 is 10.1 Å². The molecule has 2 heterocycles. The van der Waals surface area contributed by atoms with E-state index in [1.54, 1.807) is 30.5 Å². The lowest BCUT2D eigenvalue weighted by Gasteiger charge is -2.34. The van der Waals surface area contributed by atoms with E-state index in [1.807, 2.05) is 24.3 Å². The molecule has 4 rings (SSSR count). The Morgan fingerprint density at radius 1 is 1.21 bits per heavy atom. The van der Waals surface area contributed by atoms with E-state index in [0.29, 0.717) is 36.1 Å². The molecule has 0 bridgehead atoms. The van der Waals surface area contributed by atoms with Crippen LogP contribution in [0.2, 0.25) is 5.02 Å². The first-order chi connectivity index (χ1) is 16.6. The molecule has 1 unspecified atom stereocenters. The summed E-state index contributed by atoms with van der Waals surface area (Å²) in [4.78, 5) is 18.7. The van der Waals surface area contributed by atoms with Crippen molar-refractivity contribution in [2.75, 3.05) is 32.8 Å². The quantitative estimate of drug-likeness (QED) is 0.465. The van der Waals surface area contributed by atoms with Gasteiger partial charge in [-0.1, -0.05) is 29.8 Å². The molecule has 1 atom stereocenters. The van der Waals surface area contributed by atoms with E-state index in [0.717, 1.165) is 18.7 Å². The fourth-order valence-corrected chi connectivity index (χ4v) is 3.82. The molecule has 1 aliphatic heterocycles. The fourth-order valence-electron chi connectivity index (χ4n) is 3.70. The van der Waals surface area contributed by atoms with Crippen LogP contribution in [0.4, 0.5) is 4.39 Å². The van der Waals surface area contributed by atoms with Crippen LogP contribution in [0.1, 0.15) is 17.2 Å². The van der Waals surface area contributed by atoms with Crippen molar-refractivity contribution in [3.05, 3.63) is 95.0 Å². The van der Waals surface area contributed by atoms with Crippen LogP contribution in [0.15, 0.2) is 73.1 Å². The number of ether oxygens (including phenoxy) is 2. The molecule has 3 aromatic rings. The molecule has 1 saturated heterocycles. The lowest BCUT2D eigenvalue weighted by Crippen LogP contribution is -2.43. The summed E-state index contributed by atoms with van der Waals surface area (Å²) in [5.41, 5.74) is 1.62. The summed E-state index contributed by atoms with van der Waals surface area (Å²) in [6.45, 7) is 3.31. The van der Waals surface area contributed by atoms with Crippen LogP contribution >= 0.6 is 11.6 Å². The predicted molar refractivity (Wildman–Crippen MR) is 129 cm³/mol. The Labute approximate surface area is 203 Å². The van der Waals surface area contributed by atoms with Crippen LogP contribution in [0, 0.1) is 5.82 Å². The van der Waals surface area contributed by atoms with Crippen LogP contribution in [-0.4, -0.2) is 48.6 Å². The second-order valence-electron chi connectivity index (χ2n) is 7.77. The maximum absolute atomic E-state index is 14.4. The zero-order valence-corrected chi connectivity index (χ0v) is 19.2. The minimum atomic E-state index is -0.526. The van der Waals surface area contributed by atoms with Crippen molar-refractivity contribution in [1.29, 1.82) is 0 Å². The molecule has 1 aromatic heterocycles. The molecule has 0 radical (unpaired) electrons. The van der Waals surface area contributed by atoms with Gasteiger partial charge in [0.1, 0.15) is 5.75 Å². The Morgan fingerprint density at radius 2 is 2.00 bits per heavy atom. The zero-order chi connectivity index (χ0) is 23.8. The van der Waals surface area contributed by atoms with Gasteiger partial charge in [0.15, 0.2) is 11.6 Å². The van der Waals surface area contributed by atoms with Crippen LogP contribution in [0.3, 0.4) is 0 Å². The number of carbonyl (C=O) groups is 1. The molecule has 6 nitrogen and oxygen atoms in total. The van der Waals surface area contributed by atoms with E-state index >= 15 is 0 Å². The average molecular weight is 482 g/mol. The summed E-state index contributed by atoms with van der Waals surface area (Å²) in [5, 5.41) is 3.62. The number of aromatic nitrogens is 1. The first kappa shape index (κ1) is 23.9. The predicted octanol–water partition coefficient (Wildman–Crippen LogP) is 4.87. The number of morpholine rings is 1. The van der Waals surface area contributed by atoms with E-state index in [4.69, 9.17) is 21.1 Å². The third-order valence-electron chi connectivity index (χ3n) is 5.46. The van der Waals surface area contributed by atoms with Crippen molar-refractivity contribution in [1.82, 2.24) is 15.2 Å². The highest BCUT2D eigenvalue weighted by Crippen LogP contribution is 2.25. The number of rotatable bonds is 8. The average Bonchev–Trinajstić information content (AvgIpc) is 2.87. The highest BCUT2D eigenvalue weighted by atomic mass is 35.5. The van der Waals surface area contributed by atoms with Gasteiger partial charge in [-0.25, -0.2) is 4.39 Å². The fraction of sp³-hybridized carbons (Fsp3) is 0.231. The smallest absolute Gasteiger partial charge is 0.244 e. The highest BCUT2D eigenvalue weighted by molar-refractivity contribution is 6.30. The van der Waals surface area contributed by atoms with Crippen molar-refractivity contribution >= 4 is 23.6 Å². The molecular weight excluding hydrogens is 457 g/mol. The molecule has 176 valence electrons. The second kappa shape index (κ2) is 11.7. The maximum Gasteiger partial charge on any atom is 0.244 e. The van der Waals surface area contributed by atoms with Crippen molar-refractivity contribution < 1.29 is 18.7 Å². The number of pyridine rings is 1. The van der Waals surface area contributed by atoms with Gasteiger partial charge in [-0.15, -0.1) is 0 Å². The Balaban J connectivity index is 1.37. The van der Waals surface area contributed by atoms with Gasteiger partial charge in [-0.2, -0.15) is 0 Å². The number of carbonyl (C=O) groups excluding carboxylic acids is 1. The number of nitrogens with one attached hydrogen (secondary N) is 1. The molecule has 0 spiro atoms. The zero-order valence-electron chi connectivity index (χ0n) is 18.5. The molecule has 0 saturated carbocycles. The van der Waals surface area contributed by atoms with Crippen LogP contribution in [0.5, 0.6) is 11.5 Å². The summed E-state index contributed by atoms with van der Waals surface area (Å²) >= 11 is 6.04. The SMILES string of the molecule is O=C(/C=C/c1ccc(Oc2cccnc2)c(F)c1)NCC(c1ccc(Cl)cc1)N1CCOCC1. The van der Waals surface area contributed by atoms with Gasteiger partial charge >= 0.3 is 0 Å². The first-order valence-corrected chi connectivity index (χ1v) is 11.4. The molecular formula is C26H25ClFN3O3. The highest BCUT2D eigenvalue weighted by Gasteiger charge is 2.23. The van der Waals surface area contributed by atoms with Crippen molar-refractivity contribution in [2.45, 2.75) is 6.04 Å². The van der Waals surface area contributed by atoms with Crippen molar-refractivity contribution in [3.63, 3.8) is 0 Å². The number of hydrogen-bond donors (Lipinski definition) is 1. The summed E-state index contributed by atoms with van der Waals surface area (Å²) in [6, 6.07) is 15.6. The second-order valence-corrected chi connectivity index (χ2v) is 8.21. The van der Waals surface area contributed by atoms with Gasteiger partial charge in [0.25, 0.3) is 0 Å². The maximum atomic E-state index is 14.4. The Kier molecular flexibility index (Phi) is 8.25. The van der Waals surface area contributed by atoms with E-state index in [2.05, 4.69) is 15.2 Å². The largest absolute Gasteiger partial charge is 0.453 e. The normalized spacial score (nSPS) is 15.2. The van der Waals surface area contributed by atoms with Crippen LogP contribution in [-0.2, 0) is 9.53 Å². The Bertz CT molecular complexity index is 1120. The number of nitrogens with zero attached hydrogens (tertiary/aromatic N) is 2. The number of hydrogen-bond acceptors (Lipinski definition) is 5. The third kappa shape index (κ3) is 6.63. The monoisotopic (exact) mass is 481 g/mol. The summed E-state index contributed by atoms with van der Waals surface area (Å²) < 4.78 is 25.4. The number of halogens is 2. The van der Waals surface area contributed by atoms with Crippen molar-refractivity contribution in [3.8, 4) is 11.5 Å². The summed E-state index contributed by atoms with van der Waals surface area (Å²) in [6.07, 6.45) is 6.08. The third-order valence-corrected chi connectivity index (χ3v) is 5.71. The van der Waals surface area contributed by atoms with Crippen LogP contribution in [0.25, 0.3) is 6.08 Å². The topological polar surface area (TPSA) is 63.7 Å². The Hall–Kier alpha value is -3.26. The summed E-state index contributed by atoms with van der Waals surface area (Å²) in [5.74, 6) is -0.254. The molecule has 2 aromatic carbocycles. The molecule has 34 heavy (non-hydrogen) atoms. The van der Waals surface area contributed by atoms with E-state index in [-0.39, 0.29) is 17.7 Å². The van der Waals surface area contributed by atoms with E-state index < -0.39 is 5.82 Å². The molecule has 1 aliphatic rings. The van der Waals surface area contributed by atoms with Gasteiger partial charge in [0, 0.05) is 36.9 Å². The van der Waals surface area contributed by atoms with Gasteiger partial charge in [-0.3, -0.25) is 14.7 Å². The molecule has 1 N–H and O–H groups in total. The Morgan fingerprint density at radius 3 is 2.71 bits per heavy atom. The number of amides is 1. The summed E-state index contributed by atoms with van der Waals surface area (Å²) in [7, 11) is 0. The van der Waals surface area contributed by atoms with Gasteiger partial charge in [0.05, 0.1) is 25.5 Å². The molecule has 8 heteroatoms. The number of benzene rings is 2. The lowest BCUT2D eigenvalue weighted by atomic mass is 10.0. The van der Waals surface area contributed by atoms with E-state index in [9.17, 15) is 9.18 Å². The van der Waals surface area contributed by atoms with Gasteiger partial charge in [0.2, 0.25) is 5.91 Å². The lowest BCUT2D eigenvalue weighted by molar-refractivity contribution is -0.116. The van der Waals surface area contributed by atoms with E-state index in [1.165, 1.54) is 24.4 Å². The standard InChI is InChI=1S/C26H25ClFN3O3/c27-21-7-5-20(6-8-21)24(31-12-14-33-15-13-31)18-30-26(32)10-4-19-3-9-25(23(28)16-19)34-22-2-1-11-29-17-22/h1-11,16-17,24H,12-15,18H2,(H,30,32)/b10-4+.